The van der Waals surface area contributed by atoms with E-state index in [2.05, 4.69) is 18.8 Å². The molecule has 5 heterocycles. The molecule has 9 aliphatic rings. The number of aromatic hydroxyl groups is 1. The normalized spacial score (nSPS) is 36.3. The molecule has 3 aromatic rings. The van der Waals surface area contributed by atoms with Gasteiger partial charge in [-0.15, -0.1) is 0 Å². The van der Waals surface area contributed by atoms with E-state index in [1.165, 1.54) is 0 Å². The van der Waals surface area contributed by atoms with Gasteiger partial charge in [0.25, 0.3) is 0 Å². The molecule has 0 radical (unpaired) electrons. The van der Waals surface area contributed by atoms with Gasteiger partial charge in [-0.1, -0.05) is 67.7 Å². The zero-order valence-corrected chi connectivity index (χ0v) is 41.5. The molecule has 8 N–H and O–H groups in total. The molecule has 0 unspecified atom stereocenters. The van der Waals surface area contributed by atoms with E-state index in [0.29, 0.717) is 61.8 Å². The fraction of sp³-hybridized carbons (Fsp3) is 0.566. The van der Waals surface area contributed by atoms with Gasteiger partial charge in [-0.2, -0.15) is 0 Å². The number of nitrogens with two attached hydrogens (primary N) is 2. The number of aryl methyl sites for hydroxylation is 1. The van der Waals surface area contributed by atoms with Crippen LogP contribution >= 0.6 is 0 Å². The monoisotopic (exact) mass is 941 g/mol. The van der Waals surface area contributed by atoms with Crippen LogP contribution in [0.15, 0.2) is 77.3 Å². The molecule has 3 fully saturated rings. The molecule has 2 saturated carbocycles. The summed E-state index contributed by atoms with van der Waals surface area (Å²) in [4.78, 5) is 5.06. The average Bonchev–Trinajstić information content (AvgIpc) is 3.62. The number of phenols is 1. The van der Waals surface area contributed by atoms with Gasteiger partial charge in [0.2, 0.25) is 5.72 Å². The summed E-state index contributed by atoms with van der Waals surface area (Å²) in [6, 6.07) is 19.0. The molecule has 4 aliphatic carbocycles. The van der Waals surface area contributed by atoms with E-state index in [0.717, 1.165) is 59.9 Å². The smallest absolute Gasteiger partial charge is 0.748 e. The number of ether oxygens (including phenoxy) is 2. The third-order valence-corrected chi connectivity index (χ3v) is 18.5. The standard InChI is InChI=1S/C53H65N3O9S.Na/c1-30-7-8-34-25-40-15-17-42(34)44(30)28-48(66(61,62)63)45-27-36-23-35(26-41-22-31(29-58)4-2-5-33-24-39(59)14-16-43(33)50(36)64-41)49(45)32-9-11-38(12-10-32)53(65-40,56-51(54)55)47-18-13-37-6-3-20-52(37,60)46(47)19-21-57;/h9-12,14-17,24-25,27,30-31,35,37,41,44-50,57-60H,3-4,6-8,13,18-23,26,28-29H2,1H3,(H4,54,55,56)(H,61,62,63);/q;+1/p-1/t30-,31+,35-,37-,41-,44+,45-,46+,47+,48-,49+,50-,52+,53-;/m1./s1. The van der Waals surface area contributed by atoms with Crippen molar-refractivity contribution in [3.63, 3.8) is 0 Å². The van der Waals surface area contributed by atoms with Crippen molar-refractivity contribution in [1.82, 2.24) is 0 Å². The molecule has 12 rings (SSSR count). The zero-order chi connectivity index (χ0) is 46.1. The maximum Gasteiger partial charge on any atom is 1.00 e. The molecule has 0 aromatic heterocycles. The van der Waals surface area contributed by atoms with Crippen LogP contribution in [0.25, 0.3) is 0 Å². The number of phenolic OH excluding ortho intramolecular Hbond substituents is 1. The Morgan fingerprint density at radius 1 is 0.985 bits per heavy atom. The van der Waals surface area contributed by atoms with Crippen molar-refractivity contribution >= 4 is 16.1 Å². The summed E-state index contributed by atoms with van der Waals surface area (Å²) in [7, 11) is -4.91. The van der Waals surface area contributed by atoms with Crippen molar-refractivity contribution in [2.45, 2.75) is 131 Å². The Morgan fingerprint density at radius 2 is 1.78 bits per heavy atom. The molecule has 14 heteroatoms. The molecule has 3 aromatic carbocycles. The van der Waals surface area contributed by atoms with Gasteiger partial charge in [0.05, 0.1) is 27.1 Å². The predicted octanol–water partition coefficient (Wildman–Crippen LogP) is 3.75. The van der Waals surface area contributed by atoms with Gasteiger partial charge in [-0.25, -0.2) is 13.4 Å². The molecule has 0 amide bonds. The first-order chi connectivity index (χ1) is 31.7. The first kappa shape index (κ1) is 48.6. The number of rotatable bonds is 6. The van der Waals surface area contributed by atoms with Gasteiger partial charge in [0.15, 0.2) is 5.96 Å². The topological polar surface area (TPSA) is 221 Å². The Morgan fingerprint density at radius 3 is 2.52 bits per heavy atom. The van der Waals surface area contributed by atoms with Crippen LogP contribution < -0.4 is 45.8 Å². The van der Waals surface area contributed by atoms with E-state index in [1.807, 2.05) is 54.6 Å². The summed E-state index contributed by atoms with van der Waals surface area (Å²) < 4.78 is 56.8. The minimum atomic E-state index is -4.91. The summed E-state index contributed by atoms with van der Waals surface area (Å²) in [5, 5.41) is 43.1. The number of aliphatic hydroxyl groups is 3. The number of aliphatic imine (C=N–C) groups is 1. The molecular weight excluding hydrogens is 878 g/mol. The second kappa shape index (κ2) is 19.1. The van der Waals surface area contributed by atoms with Gasteiger partial charge in [0.1, 0.15) is 17.6 Å². The largest absolute Gasteiger partial charge is 1.00 e. The number of benzene rings is 3. The fourth-order valence-corrected chi connectivity index (χ4v) is 15.3. The molecule has 12 nitrogen and oxygen atoms in total. The minimum absolute atomic E-state index is 0. The van der Waals surface area contributed by atoms with Gasteiger partial charge in [-0.05, 0) is 165 Å². The number of fused-ring (bicyclic) bond motifs is 10. The van der Waals surface area contributed by atoms with Crippen LogP contribution in [-0.2, 0) is 27.0 Å². The molecule has 1 saturated heterocycles. The molecule has 5 aliphatic heterocycles. The number of hydrogen-bond acceptors (Lipinski definition) is 10. The van der Waals surface area contributed by atoms with Crippen molar-refractivity contribution in [2.24, 2.45) is 57.9 Å². The number of guanidine groups is 1. The maximum absolute atomic E-state index is 14.1. The Balaban J connectivity index is 0.00000562. The van der Waals surface area contributed by atoms with Crippen molar-refractivity contribution in [1.29, 1.82) is 0 Å². The van der Waals surface area contributed by atoms with Crippen LogP contribution in [0.2, 0.25) is 0 Å². The molecule has 0 spiro atoms. The predicted molar refractivity (Wildman–Crippen MR) is 249 cm³/mol. The first-order valence-electron chi connectivity index (χ1n) is 24.3. The zero-order valence-electron chi connectivity index (χ0n) is 38.7. The quantitative estimate of drug-likeness (QED) is 0.0522. The summed E-state index contributed by atoms with van der Waals surface area (Å²) >= 11 is 0. The number of hydrogen-bond donors (Lipinski definition) is 6. The Labute approximate surface area is 417 Å². The number of nitrogens with zero attached hydrogens (tertiary/aromatic N) is 1. The Hall–Kier alpha value is -3.42. The van der Waals surface area contributed by atoms with Crippen molar-refractivity contribution in [3.8, 4) is 23.3 Å². The van der Waals surface area contributed by atoms with Crippen molar-refractivity contribution in [2.75, 3.05) is 13.2 Å². The summed E-state index contributed by atoms with van der Waals surface area (Å²) in [6.45, 7) is 1.94. The second-order valence-electron chi connectivity index (χ2n) is 20.8. The van der Waals surface area contributed by atoms with Crippen LogP contribution in [0.3, 0.4) is 0 Å². The third kappa shape index (κ3) is 8.91. The van der Waals surface area contributed by atoms with Crippen LogP contribution in [-0.4, -0.2) is 69.5 Å². The van der Waals surface area contributed by atoms with Gasteiger partial charge in [0, 0.05) is 42.2 Å². The van der Waals surface area contributed by atoms with Crippen LogP contribution in [0, 0.1) is 53.3 Å². The van der Waals surface area contributed by atoms with Gasteiger partial charge >= 0.3 is 29.6 Å². The summed E-state index contributed by atoms with van der Waals surface area (Å²) in [5.74, 6) is 4.54. The van der Waals surface area contributed by atoms with E-state index < -0.39 is 50.6 Å². The van der Waals surface area contributed by atoms with Gasteiger partial charge in [-0.3, -0.25) is 0 Å². The number of allylic oxidation sites excluding steroid dienone is 1. The molecular formula is C53H64N3NaO9S. The third-order valence-electron chi connectivity index (χ3n) is 17.2. The van der Waals surface area contributed by atoms with Crippen molar-refractivity contribution < 1.29 is 72.4 Å². The Bertz CT molecular complexity index is 2570. The van der Waals surface area contributed by atoms with E-state index in [4.69, 9.17) is 25.9 Å². The van der Waals surface area contributed by atoms with Crippen LogP contribution in [0.4, 0.5) is 0 Å². The average molecular weight is 942 g/mol. The summed E-state index contributed by atoms with van der Waals surface area (Å²) in [5.41, 5.74) is 16.1. The van der Waals surface area contributed by atoms with Gasteiger partial charge < -0.3 is 45.9 Å². The van der Waals surface area contributed by atoms with E-state index in [9.17, 15) is 33.4 Å². The molecule has 352 valence electrons. The second-order valence-corrected chi connectivity index (χ2v) is 22.4. The van der Waals surface area contributed by atoms with E-state index >= 15 is 0 Å². The van der Waals surface area contributed by atoms with Crippen molar-refractivity contribution in [3.05, 3.63) is 106 Å². The fourth-order valence-electron chi connectivity index (χ4n) is 14.3. The minimum Gasteiger partial charge on any atom is -0.748 e. The maximum atomic E-state index is 14.1. The molecule has 10 bridgehead atoms. The van der Waals surface area contributed by atoms with E-state index in [-0.39, 0.29) is 103 Å². The summed E-state index contributed by atoms with van der Waals surface area (Å²) in [6.07, 6.45) is 9.00. The molecule has 67 heavy (non-hydrogen) atoms. The molecule has 14 atom stereocenters. The Kier molecular flexibility index (Phi) is 13.8. The van der Waals surface area contributed by atoms with Crippen LogP contribution in [0.5, 0.6) is 11.5 Å². The van der Waals surface area contributed by atoms with E-state index in [1.54, 1.807) is 12.1 Å². The van der Waals surface area contributed by atoms with Crippen LogP contribution in [0.1, 0.15) is 135 Å². The SMILES string of the molecule is C[C@@H]1CCc2cc3ccc2[C@H]1C[C@@H](S(=O)(=O)[O-])[C@H]1C=C2C[C@H](C[C@H]4C[C@@H](CO)CC#Cc5cc(O)ccc5[C@@H]2O4)[C@@H]1c1ccc(cc1)[C@](N=C(N)N)([C@H]1CC[C@H]2CCC[C@@]2(O)[C@H]1CCO)O3.[Na+]. The first-order valence-corrected chi connectivity index (χ1v) is 25.8. The number of aliphatic hydroxyl groups excluding tert-OH is 2.